The highest BCUT2D eigenvalue weighted by molar-refractivity contribution is 7.99. The van der Waals surface area contributed by atoms with E-state index in [0.29, 0.717) is 11.5 Å². The predicted octanol–water partition coefficient (Wildman–Crippen LogP) is 3.21. The molecule has 100 valence electrons. The lowest BCUT2D eigenvalue weighted by molar-refractivity contribution is -0.123. The Labute approximate surface area is 111 Å². The van der Waals surface area contributed by atoms with Crippen molar-refractivity contribution in [3.8, 4) is 0 Å². The van der Waals surface area contributed by atoms with Crippen molar-refractivity contribution in [3.63, 3.8) is 0 Å². The van der Waals surface area contributed by atoms with E-state index >= 15 is 0 Å². The predicted molar refractivity (Wildman–Crippen MR) is 76.7 cm³/mol. The number of likely N-dealkylation sites (tertiary alicyclic amines) is 1. The summed E-state index contributed by atoms with van der Waals surface area (Å²) in [6.45, 7) is 9.68. The molecule has 2 nitrogen and oxygen atoms in total. The van der Waals surface area contributed by atoms with Crippen LogP contribution < -0.4 is 0 Å². The van der Waals surface area contributed by atoms with Crippen LogP contribution >= 0.6 is 11.8 Å². The lowest BCUT2D eigenvalue weighted by Gasteiger charge is -2.20. The summed E-state index contributed by atoms with van der Waals surface area (Å²) < 4.78 is 0. The number of nitrogens with zero attached hydrogens (tertiary/aromatic N) is 1. The number of hydrogen-bond donors (Lipinski definition) is 0. The van der Waals surface area contributed by atoms with Gasteiger partial charge in [0.15, 0.2) is 0 Å². The van der Waals surface area contributed by atoms with Crippen molar-refractivity contribution in [2.24, 2.45) is 5.41 Å². The van der Waals surface area contributed by atoms with Gasteiger partial charge in [-0.1, -0.05) is 33.6 Å². The molecular weight excluding hydrogens is 230 g/mol. The van der Waals surface area contributed by atoms with E-state index in [9.17, 15) is 4.79 Å². The molecule has 3 heteroatoms. The summed E-state index contributed by atoms with van der Waals surface area (Å²) in [7, 11) is 0. The molecule has 1 aliphatic rings. The molecule has 0 atom stereocenters. The van der Waals surface area contributed by atoms with Gasteiger partial charge >= 0.3 is 0 Å². The van der Waals surface area contributed by atoms with E-state index in [-0.39, 0.29) is 5.41 Å². The maximum absolute atomic E-state index is 11.7. The molecular formula is C14H27NOS. The Morgan fingerprint density at radius 3 is 2.24 bits per heavy atom. The Morgan fingerprint density at radius 1 is 1.12 bits per heavy atom. The Hall–Kier alpha value is -0.0200. The highest BCUT2D eigenvalue weighted by Crippen LogP contribution is 2.18. The van der Waals surface area contributed by atoms with Gasteiger partial charge in [-0.05, 0) is 25.9 Å². The number of rotatable bonds is 5. The largest absolute Gasteiger partial charge is 0.303 e. The van der Waals surface area contributed by atoms with Crippen molar-refractivity contribution in [1.29, 1.82) is 0 Å². The van der Waals surface area contributed by atoms with Crippen LogP contribution in [0.5, 0.6) is 0 Å². The van der Waals surface area contributed by atoms with E-state index in [2.05, 4.69) is 4.90 Å². The molecule has 0 spiro atoms. The van der Waals surface area contributed by atoms with Crippen LogP contribution in [-0.2, 0) is 4.79 Å². The number of thioether (sulfide) groups is 1. The van der Waals surface area contributed by atoms with Gasteiger partial charge in [0.25, 0.3) is 0 Å². The first-order chi connectivity index (χ1) is 8.00. The summed E-state index contributed by atoms with van der Waals surface area (Å²) >= 11 is 1.80. The normalized spacial score (nSPS) is 19.0. The first kappa shape index (κ1) is 15.0. The van der Waals surface area contributed by atoms with Gasteiger partial charge in [-0.25, -0.2) is 0 Å². The lowest BCUT2D eigenvalue weighted by atomic mass is 9.92. The highest BCUT2D eigenvalue weighted by atomic mass is 32.2. The van der Waals surface area contributed by atoms with Crippen LogP contribution in [0.3, 0.4) is 0 Å². The van der Waals surface area contributed by atoms with Gasteiger partial charge in [-0.15, -0.1) is 0 Å². The van der Waals surface area contributed by atoms with Crippen molar-refractivity contribution in [1.82, 2.24) is 4.90 Å². The van der Waals surface area contributed by atoms with Crippen LogP contribution in [0.15, 0.2) is 0 Å². The van der Waals surface area contributed by atoms with Crippen LogP contribution in [0.1, 0.15) is 46.5 Å². The third-order valence-electron chi connectivity index (χ3n) is 3.32. The average Bonchev–Trinajstić information content (AvgIpc) is 2.51. The molecule has 0 bridgehead atoms. The monoisotopic (exact) mass is 257 g/mol. The van der Waals surface area contributed by atoms with Gasteiger partial charge in [0.05, 0.1) is 5.75 Å². The van der Waals surface area contributed by atoms with Gasteiger partial charge in [0.1, 0.15) is 5.78 Å². The third kappa shape index (κ3) is 6.46. The molecule has 17 heavy (non-hydrogen) atoms. The molecule has 0 aliphatic carbocycles. The first-order valence-electron chi connectivity index (χ1n) is 6.83. The van der Waals surface area contributed by atoms with Crippen molar-refractivity contribution >= 4 is 17.5 Å². The van der Waals surface area contributed by atoms with Crippen molar-refractivity contribution in [2.75, 3.05) is 31.1 Å². The second-order valence-electron chi connectivity index (χ2n) is 5.98. The molecule has 0 amide bonds. The van der Waals surface area contributed by atoms with Gasteiger partial charge in [-0.3, -0.25) is 4.79 Å². The van der Waals surface area contributed by atoms with Crippen molar-refractivity contribution < 1.29 is 4.79 Å². The Bertz CT molecular complexity index is 227. The smallest absolute Gasteiger partial charge is 0.148 e. The third-order valence-corrected chi connectivity index (χ3v) is 4.26. The van der Waals surface area contributed by atoms with E-state index in [0.717, 1.165) is 12.3 Å². The fourth-order valence-corrected chi connectivity index (χ4v) is 3.08. The molecule has 0 N–H and O–H groups in total. The minimum atomic E-state index is -0.171. The maximum Gasteiger partial charge on any atom is 0.148 e. The summed E-state index contributed by atoms with van der Waals surface area (Å²) in [5.41, 5.74) is -0.171. The van der Waals surface area contributed by atoms with Crippen LogP contribution in [-0.4, -0.2) is 41.8 Å². The van der Waals surface area contributed by atoms with Gasteiger partial charge in [0.2, 0.25) is 0 Å². The van der Waals surface area contributed by atoms with E-state index in [1.165, 1.54) is 38.8 Å². The van der Waals surface area contributed by atoms with Crippen LogP contribution in [0, 0.1) is 5.41 Å². The van der Waals surface area contributed by atoms with Crippen molar-refractivity contribution in [3.05, 3.63) is 0 Å². The van der Waals surface area contributed by atoms with E-state index < -0.39 is 0 Å². The summed E-state index contributed by atoms with van der Waals surface area (Å²) in [5, 5.41) is 0. The van der Waals surface area contributed by atoms with Gasteiger partial charge in [0, 0.05) is 17.7 Å². The van der Waals surface area contributed by atoms with E-state index in [1.54, 1.807) is 11.8 Å². The summed E-state index contributed by atoms with van der Waals surface area (Å²) in [6.07, 6.45) is 5.50. The Balaban J connectivity index is 2.09. The molecule has 1 saturated heterocycles. The molecule has 1 aliphatic heterocycles. The lowest BCUT2D eigenvalue weighted by Crippen LogP contribution is -2.28. The van der Waals surface area contributed by atoms with Crippen LogP contribution in [0.4, 0.5) is 0 Å². The van der Waals surface area contributed by atoms with Gasteiger partial charge < -0.3 is 4.90 Å². The van der Waals surface area contributed by atoms with Gasteiger partial charge in [-0.2, -0.15) is 11.8 Å². The number of carbonyl (C=O) groups is 1. The van der Waals surface area contributed by atoms with E-state index in [4.69, 9.17) is 0 Å². The molecule has 0 aromatic heterocycles. The molecule has 0 unspecified atom stereocenters. The zero-order valence-electron chi connectivity index (χ0n) is 11.6. The minimum Gasteiger partial charge on any atom is -0.303 e. The van der Waals surface area contributed by atoms with Crippen LogP contribution in [0.2, 0.25) is 0 Å². The second kappa shape index (κ2) is 7.42. The molecule has 0 radical (unpaired) electrons. The minimum absolute atomic E-state index is 0.171. The fourth-order valence-electron chi connectivity index (χ4n) is 1.93. The van der Waals surface area contributed by atoms with Crippen molar-refractivity contribution in [2.45, 2.75) is 46.5 Å². The zero-order chi connectivity index (χ0) is 12.7. The van der Waals surface area contributed by atoms with Crippen LogP contribution in [0.25, 0.3) is 0 Å². The molecule has 0 aromatic carbocycles. The topological polar surface area (TPSA) is 20.3 Å². The Morgan fingerprint density at radius 2 is 1.71 bits per heavy atom. The number of Topliss-reactive ketones (excluding diaryl/α,β-unsaturated/α-hetero) is 1. The summed E-state index contributed by atoms with van der Waals surface area (Å²) in [5.74, 6) is 2.15. The molecule has 0 aromatic rings. The zero-order valence-corrected chi connectivity index (χ0v) is 12.4. The molecule has 1 rings (SSSR count). The average molecular weight is 257 g/mol. The number of ketones is 1. The standard InChI is InChI=1S/C14H27NOS/c1-14(2,3)13(16)12-17-11-10-15-8-6-4-5-7-9-15/h4-12H2,1-3H3. The second-order valence-corrected chi connectivity index (χ2v) is 7.09. The molecule has 1 heterocycles. The summed E-state index contributed by atoms with van der Waals surface area (Å²) in [4.78, 5) is 14.3. The maximum atomic E-state index is 11.7. The number of hydrogen-bond acceptors (Lipinski definition) is 3. The molecule has 0 saturated carbocycles. The first-order valence-corrected chi connectivity index (χ1v) is 7.99. The van der Waals surface area contributed by atoms with E-state index in [1.807, 2.05) is 20.8 Å². The Kier molecular flexibility index (Phi) is 6.57. The SMILES string of the molecule is CC(C)(C)C(=O)CSCCN1CCCCCC1. The summed E-state index contributed by atoms with van der Waals surface area (Å²) in [6, 6.07) is 0. The molecule has 1 fully saturated rings. The quantitative estimate of drug-likeness (QED) is 0.705. The number of carbonyl (C=O) groups excluding carboxylic acids is 1. The highest BCUT2D eigenvalue weighted by Gasteiger charge is 2.20. The fraction of sp³-hybridized carbons (Fsp3) is 0.929.